The molecule has 0 bridgehead atoms. The van der Waals surface area contributed by atoms with Crippen molar-refractivity contribution in [1.82, 2.24) is 15.6 Å². The summed E-state index contributed by atoms with van der Waals surface area (Å²) in [6.07, 6.45) is -4.34. The zero-order valence-corrected chi connectivity index (χ0v) is 16.2. The van der Waals surface area contributed by atoms with Crippen LogP contribution in [0.1, 0.15) is 22.5 Å². The molecule has 8 heteroatoms. The molecule has 0 amide bonds. The van der Waals surface area contributed by atoms with Crippen LogP contribution >= 0.6 is 24.0 Å². The Morgan fingerprint density at radius 3 is 2.40 bits per heavy atom. The average Bonchev–Trinajstić information content (AvgIpc) is 2.54. The predicted molar refractivity (Wildman–Crippen MR) is 103 cm³/mol. The van der Waals surface area contributed by atoms with E-state index in [9.17, 15) is 13.2 Å². The van der Waals surface area contributed by atoms with E-state index in [2.05, 4.69) is 20.6 Å². The number of aliphatic imine (C=N–C) groups is 1. The molecular formula is C17H20F3IN4. The Morgan fingerprint density at radius 2 is 1.76 bits per heavy atom. The second kappa shape index (κ2) is 9.59. The first-order valence-corrected chi connectivity index (χ1v) is 7.41. The number of rotatable bonds is 4. The molecule has 0 aliphatic rings. The average molecular weight is 464 g/mol. The molecule has 0 unspecified atom stereocenters. The van der Waals surface area contributed by atoms with Crippen LogP contribution in [-0.4, -0.2) is 18.0 Å². The van der Waals surface area contributed by atoms with E-state index in [1.165, 1.54) is 6.07 Å². The number of halogens is 4. The van der Waals surface area contributed by atoms with Gasteiger partial charge in [-0.15, -0.1) is 24.0 Å². The van der Waals surface area contributed by atoms with Gasteiger partial charge in [-0.3, -0.25) is 9.98 Å². The van der Waals surface area contributed by atoms with Gasteiger partial charge in [0, 0.05) is 19.3 Å². The van der Waals surface area contributed by atoms with E-state index in [0.29, 0.717) is 18.1 Å². The van der Waals surface area contributed by atoms with Crippen molar-refractivity contribution < 1.29 is 13.2 Å². The molecule has 25 heavy (non-hydrogen) atoms. The van der Waals surface area contributed by atoms with Crippen LogP contribution in [0.15, 0.2) is 47.5 Å². The fraction of sp³-hybridized carbons (Fsp3) is 0.294. The summed E-state index contributed by atoms with van der Waals surface area (Å²) in [6.45, 7) is 2.62. The van der Waals surface area contributed by atoms with Crippen LogP contribution in [0.2, 0.25) is 0 Å². The largest absolute Gasteiger partial charge is 0.416 e. The van der Waals surface area contributed by atoms with Crippen LogP contribution in [-0.2, 0) is 19.3 Å². The number of hydrogen-bond donors (Lipinski definition) is 2. The molecule has 0 radical (unpaired) electrons. The van der Waals surface area contributed by atoms with Gasteiger partial charge >= 0.3 is 6.18 Å². The minimum Gasteiger partial charge on any atom is -0.352 e. The lowest BCUT2D eigenvalue weighted by molar-refractivity contribution is -0.137. The Morgan fingerprint density at radius 1 is 1.08 bits per heavy atom. The molecule has 2 rings (SSSR count). The quantitative estimate of drug-likeness (QED) is 0.410. The van der Waals surface area contributed by atoms with Crippen molar-refractivity contribution in [3.05, 3.63) is 65.0 Å². The summed E-state index contributed by atoms with van der Waals surface area (Å²) in [5.74, 6) is 0.496. The Bertz CT molecular complexity index is 717. The second-order valence-corrected chi connectivity index (χ2v) is 5.25. The molecule has 1 heterocycles. The molecular weight excluding hydrogens is 444 g/mol. The van der Waals surface area contributed by atoms with Crippen LogP contribution in [0.3, 0.4) is 0 Å². The monoisotopic (exact) mass is 464 g/mol. The highest BCUT2D eigenvalue weighted by molar-refractivity contribution is 14.0. The third-order valence-electron chi connectivity index (χ3n) is 3.32. The van der Waals surface area contributed by atoms with Gasteiger partial charge in [0.25, 0.3) is 0 Å². The highest BCUT2D eigenvalue weighted by Gasteiger charge is 2.30. The van der Waals surface area contributed by atoms with E-state index in [4.69, 9.17) is 0 Å². The predicted octanol–water partition coefficient (Wildman–Crippen LogP) is 3.89. The highest BCUT2D eigenvalue weighted by Crippen LogP contribution is 2.29. The Labute approximate surface area is 162 Å². The summed E-state index contributed by atoms with van der Waals surface area (Å²) in [5, 5.41) is 6.08. The van der Waals surface area contributed by atoms with Gasteiger partial charge in [0.05, 0.1) is 17.8 Å². The third-order valence-corrected chi connectivity index (χ3v) is 3.32. The van der Waals surface area contributed by atoms with Crippen molar-refractivity contribution in [3.63, 3.8) is 0 Å². The first kappa shape index (κ1) is 21.2. The molecule has 2 aromatic rings. The number of alkyl halides is 3. The molecule has 0 aliphatic carbocycles. The summed E-state index contributed by atoms with van der Waals surface area (Å²) < 4.78 is 38.1. The van der Waals surface area contributed by atoms with Crippen LogP contribution < -0.4 is 10.6 Å². The van der Waals surface area contributed by atoms with Gasteiger partial charge in [-0.25, -0.2) is 0 Å². The van der Waals surface area contributed by atoms with Crippen LogP contribution in [0.4, 0.5) is 13.2 Å². The fourth-order valence-corrected chi connectivity index (χ4v) is 2.14. The molecule has 136 valence electrons. The van der Waals surface area contributed by atoms with Crippen LogP contribution in [0.5, 0.6) is 0 Å². The van der Waals surface area contributed by atoms with E-state index in [1.807, 2.05) is 25.1 Å². The molecule has 0 aliphatic heterocycles. The van der Waals surface area contributed by atoms with Crippen molar-refractivity contribution >= 4 is 29.9 Å². The Hall–Kier alpha value is -1.84. The third kappa shape index (κ3) is 6.89. The van der Waals surface area contributed by atoms with Gasteiger partial charge in [0.2, 0.25) is 0 Å². The first-order valence-electron chi connectivity index (χ1n) is 7.41. The van der Waals surface area contributed by atoms with Crippen molar-refractivity contribution in [1.29, 1.82) is 0 Å². The summed E-state index contributed by atoms with van der Waals surface area (Å²) >= 11 is 0. The lowest BCUT2D eigenvalue weighted by atomic mass is 10.1. The van der Waals surface area contributed by atoms with E-state index in [-0.39, 0.29) is 30.5 Å². The number of nitrogens with one attached hydrogen (secondary N) is 2. The highest BCUT2D eigenvalue weighted by atomic mass is 127. The molecule has 4 nitrogen and oxygen atoms in total. The van der Waals surface area contributed by atoms with Gasteiger partial charge in [-0.2, -0.15) is 13.2 Å². The number of pyridine rings is 1. The van der Waals surface area contributed by atoms with Gasteiger partial charge < -0.3 is 10.6 Å². The van der Waals surface area contributed by atoms with E-state index in [1.54, 1.807) is 13.1 Å². The first-order chi connectivity index (χ1) is 11.4. The zero-order chi connectivity index (χ0) is 17.6. The molecule has 0 saturated heterocycles. The van der Waals surface area contributed by atoms with Crippen LogP contribution in [0, 0.1) is 6.92 Å². The molecule has 1 aromatic heterocycles. The normalized spacial score (nSPS) is 11.6. The maximum Gasteiger partial charge on any atom is 0.416 e. The minimum atomic E-state index is -4.34. The molecule has 0 atom stereocenters. The maximum atomic E-state index is 12.7. The lowest BCUT2D eigenvalue weighted by Crippen LogP contribution is -2.36. The lowest BCUT2D eigenvalue weighted by Gasteiger charge is -2.13. The molecule has 1 aromatic carbocycles. The molecule has 0 fully saturated rings. The summed E-state index contributed by atoms with van der Waals surface area (Å²) in [6, 6.07) is 10.9. The molecule has 0 spiro atoms. The Kier molecular flexibility index (Phi) is 8.14. The summed E-state index contributed by atoms with van der Waals surface area (Å²) in [5.41, 5.74) is 1.65. The number of aromatic nitrogens is 1. The fourth-order valence-electron chi connectivity index (χ4n) is 2.14. The molecule has 0 saturated carbocycles. The van der Waals surface area contributed by atoms with Crippen molar-refractivity contribution in [2.24, 2.45) is 4.99 Å². The second-order valence-electron chi connectivity index (χ2n) is 5.25. The van der Waals surface area contributed by atoms with E-state index < -0.39 is 11.7 Å². The van der Waals surface area contributed by atoms with Gasteiger partial charge in [-0.05, 0) is 36.8 Å². The summed E-state index contributed by atoms with van der Waals surface area (Å²) in [4.78, 5) is 8.42. The number of nitrogens with zero attached hydrogens (tertiary/aromatic N) is 2. The van der Waals surface area contributed by atoms with Crippen LogP contribution in [0.25, 0.3) is 0 Å². The standard InChI is InChI=1S/C17H19F3N4.HI/c1-12-5-3-8-15(24-12)11-23-16(21-2)22-10-13-6-4-7-14(9-13)17(18,19)20;/h3-9H,10-11H2,1-2H3,(H2,21,22,23);1H. The van der Waals surface area contributed by atoms with Gasteiger partial charge in [-0.1, -0.05) is 18.2 Å². The topological polar surface area (TPSA) is 49.3 Å². The summed E-state index contributed by atoms with van der Waals surface area (Å²) in [7, 11) is 1.60. The minimum absolute atomic E-state index is 0. The van der Waals surface area contributed by atoms with Crippen molar-refractivity contribution in [2.75, 3.05) is 7.05 Å². The SMILES string of the molecule is CN=C(NCc1cccc(C(F)(F)F)c1)NCc1cccc(C)n1.I. The number of hydrogen-bond acceptors (Lipinski definition) is 2. The number of benzene rings is 1. The van der Waals surface area contributed by atoms with Crippen molar-refractivity contribution in [2.45, 2.75) is 26.2 Å². The van der Waals surface area contributed by atoms with Crippen molar-refractivity contribution in [3.8, 4) is 0 Å². The van der Waals surface area contributed by atoms with E-state index >= 15 is 0 Å². The molecule has 2 N–H and O–H groups in total. The Balaban J connectivity index is 0.00000312. The zero-order valence-electron chi connectivity index (χ0n) is 13.9. The van der Waals surface area contributed by atoms with E-state index in [0.717, 1.165) is 23.5 Å². The van der Waals surface area contributed by atoms with Gasteiger partial charge in [0.15, 0.2) is 5.96 Å². The number of guanidine groups is 1. The number of aryl methyl sites for hydroxylation is 1. The van der Waals surface area contributed by atoms with Gasteiger partial charge in [0.1, 0.15) is 0 Å². The smallest absolute Gasteiger partial charge is 0.352 e. The maximum absolute atomic E-state index is 12.7.